The van der Waals surface area contributed by atoms with Gasteiger partial charge in [0.25, 0.3) is 11.9 Å². The number of carbonyl (C=O) groups excluding carboxylic acids is 1. The lowest BCUT2D eigenvalue weighted by Gasteiger charge is -2.43. The molecule has 8 heteroatoms. The van der Waals surface area contributed by atoms with Crippen molar-refractivity contribution in [2.75, 3.05) is 38.2 Å². The maximum Gasteiger partial charge on any atom is 0.290 e. The standard InChI is InChI=1S/C17H24N2O5S/c1-12(2)6-7-18-8-9-19(14-11-25(21,22)10-13(14)18)17(20)15-4-5-16(23-3)24-15/h4-6,13-14H,7-11H2,1-3H3. The Hall–Kier alpha value is -1.80. The molecule has 2 aliphatic rings. The molecule has 3 heterocycles. The number of sulfone groups is 1. The lowest BCUT2D eigenvalue weighted by atomic mass is 10.0. The Morgan fingerprint density at radius 1 is 1.28 bits per heavy atom. The van der Waals surface area contributed by atoms with E-state index in [4.69, 9.17) is 9.15 Å². The molecule has 1 amide bonds. The highest BCUT2D eigenvalue weighted by Gasteiger charge is 2.48. The van der Waals surface area contributed by atoms with Gasteiger partial charge < -0.3 is 14.1 Å². The Morgan fingerprint density at radius 2 is 2.00 bits per heavy atom. The number of allylic oxidation sites excluding steroid dienone is 1. The van der Waals surface area contributed by atoms with Gasteiger partial charge in [-0.2, -0.15) is 0 Å². The first-order valence-corrected chi connectivity index (χ1v) is 10.2. The number of amides is 1. The highest BCUT2D eigenvalue weighted by Crippen LogP contribution is 2.29. The molecule has 0 bridgehead atoms. The second-order valence-corrected chi connectivity index (χ2v) is 8.96. The number of carbonyl (C=O) groups is 1. The number of hydrogen-bond acceptors (Lipinski definition) is 6. The fraction of sp³-hybridized carbons (Fsp3) is 0.588. The number of ether oxygens (including phenoxy) is 1. The lowest BCUT2D eigenvalue weighted by molar-refractivity contribution is 0.0338. The van der Waals surface area contributed by atoms with Crippen molar-refractivity contribution in [2.45, 2.75) is 25.9 Å². The third-order valence-electron chi connectivity index (χ3n) is 4.78. The molecule has 3 rings (SSSR count). The van der Waals surface area contributed by atoms with Crippen molar-refractivity contribution in [1.82, 2.24) is 9.80 Å². The summed E-state index contributed by atoms with van der Waals surface area (Å²) in [6.07, 6.45) is 2.09. The quantitative estimate of drug-likeness (QED) is 0.743. The second kappa shape index (κ2) is 6.84. The van der Waals surface area contributed by atoms with Crippen molar-refractivity contribution in [2.24, 2.45) is 0 Å². The first kappa shape index (κ1) is 18.0. The number of furan rings is 1. The Morgan fingerprint density at radius 3 is 2.64 bits per heavy atom. The zero-order valence-electron chi connectivity index (χ0n) is 14.8. The van der Waals surface area contributed by atoms with Crippen LogP contribution < -0.4 is 4.74 Å². The van der Waals surface area contributed by atoms with E-state index in [1.807, 2.05) is 13.8 Å². The molecule has 25 heavy (non-hydrogen) atoms. The highest BCUT2D eigenvalue weighted by atomic mass is 32.2. The number of piperazine rings is 1. The monoisotopic (exact) mass is 368 g/mol. The van der Waals surface area contributed by atoms with E-state index in [2.05, 4.69) is 11.0 Å². The summed E-state index contributed by atoms with van der Waals surface area (Å²) in [6, 6.07) is 2.64. The van der Waals surface area contributed by atoms with Crippen LogP contribution in [0.25, 0.3) is 0 Å². The van der Waals surface area contributed by atoms with Crippen molar-refractivity contribution in [3.8, 4) is 5.95 Å². The predicted molar refractivity (Wildman–Crippen MR) is 93.5 cm³/mol. The van der Waals surface area contributed by atoms with E-state index >= 15 is 0 Å². The lowest BCUT2D eigenvalue weighted by Crippen LogP contribution is -2.60. The van der Waals surface area contributed by atoms with Crippen LogP contribution in [-0.2, 0) is 9.84 Å². The molecule has 0 aromatic carbocycles. The summed E-state index contributed by atoms with van der Waals surface area (Å²) in [4.78, 5) is 16.6. The molecular formula is C17H24N2O5S. The summed E-state index contributed by atoms with van der Waals surface area (Å²) in [7, 11) is -1.69. The highest BCUT2D eigenvalue weighted by molar-refractivity contribution is 7.91. The van der Waals surface area contributed by atoms with E-state index in [9.17, 15) is 13.2 Å². The van der Waals surface area contributed by atoms with Crippen molar-refractivity contribution in [3.63, 3.8) is 0 Å². The van der Waals surface area contributed by atoms with E-state index in [1.165, 1.54) is 12.7 Å². The van der Waals surface area contributed by atoms with E-state index in [-0.39, 0.29) is 41.2 Å². The van der Waals surface area contributed by atoms with E-state index in [0.29, 0.717) is 19.6 Å². The van der Waals surface area contributed by atoms with E-state index in [0.717, 1.165) is 0 Å². The summed E-state index contributed by atoms with van der Waals surface area (Å²) in [5.41, 5.74) is 1.19. The van der Waals surface area contributed by atoms with Gasteiger partial charge >= 0.3 is 0 Å². The summed E-state index contributed by atoms with van der Waals surface area (Å²) >= 11 is 0. The Bertz CT molecular complexity index is 779. The van der Waals surface area contributed by atoms with Gasteiger partial charge in [-0.25, -0.2) is 8.42 Å². The minimum atomic E-state index is -3.16. The van der Waals surface area contributed by atoms with E-state index in [1.54, 1.807) is 17.0 Å². The number of nitrogens with zero attached hydrogens (tertiary/aromatic N) is 2. The van der Waals surface area contributed by atoms with Gasteiger partial charge in [-0.1, -0.05) is 11.6 Å². The molecule has 2 saturated heterocycles. The molecule has 2 aliphatic heterocycles. The number of methoxy groups -OCH3 is 1. The molecule has 1 aromatic rings. The molecule has 0 radical (unpaired) electrons. The summed E-state index contributed by atoms with van der Waals surface area (Å²) in [5.74, 6) is 0.266. The normalized spacial score (nSPS) is 25.5. The Kier molecular flexibility index (Phi) is 4.92. The summed E-state index contributed by atoms with van der Waals surface area (Å²) in [6.45, 7) is 5.87. The molecule has 2 unspecified atom stereocenters. The minimum Gasteiger partial charge on any atom is -0.468 e. The molecule has 2 atom stereocenters. The van der Waals surface area contributed by atoms with Crippen LogP contribution in [-0.4, -0.2) is 74.5 Å². The second-order valence-electron chi connectivity index (χ2n) is 6.81. The van der Waals surface area contributed by atoms with Crippen LogP contribution in [0.4, 0.5) is 0 Å². The van der Waals surface area contributed by atoms with Gasteiger partial charge in [0.05, 0.1) is 24.7 Å². The molecular weight excluding hydrogens is 344 g/mol. The molecule has 0 N–H and O–H groups in total. The van der Waals surface area contributed by atoms with Crippen LogP contribution in [0.1, 0.15) is 24.4 Å². The number of rotatable bonds is 4. The number of fused-ring (bicyclic) bond motifs is 1. The zero-order valence-corrected chi connectivity index (χ0v) is 15.6. The topological polar surface area (TPSA) is 80.1 Å². The maximum absolute atomic E-state index is 12.8. The van der Waals surface area contributed by atoms with Gasteiger partial charge in [-0.15, -0.1) is 0 Å². The van der Waals surface area contributed by atoms with E-state index < -0.39 is 9.84 Å². The van der Waals surface area contributed by atoms with Crippen LogP contribution in [0, 0.1) is 0 Å². The molecule has 0 saturated carbocycles. The molecule has 138 valence electrons. The van der Waals surface area contributed by atoms with Gasteiger partial charge in [-0.3, -0.25) is 9.69 Å². The molecule has 1 aromatic heterocycles. The Balaban J connectivity index is 1.83. The fourth-order valence-electron chi connectivity index (χ4n) is 3.49. The van der Waals surface area contributed by atoms with Crippen LogP contribution >= 0.6 is 0 Å². The van der Waals surface area contributed by atoms with Gasteiger partial charge in [0.15, 0.2) is 15.6 Å². The van der Waals surface area contributed by atoms with Crippen molar-refractivity contribution >= 4 is 15.7 Å². The predicted octanol–water partition coefficient (Wildman–Crippen LogP) is 1.18. The third kappa shape index (κ3) is 3.74. The average Bonchev–Trinajstić information content (AvgIpc) is 3.14. The zero-order chi connectivity index (χ0) is 18.2. The van der Waals surface area contributed by atoms with Gasteiger partial charge in [0.2, 0.25) is 0 Å². The molecule has 0 aliphatic carbocycles. The van der Waals surface area contributed by atoms with Crippen molar-refractivity contribution < 1.29 is 22.4 Å². The SMILES string of the molecule is COc1ccc(C(=O)N2CCN(CC=C(C)C)C3CS(=O)(=O)CC32)o1. The maximum atomic E-state index is 12.8. The van der Waals surface area contributed by atoms with Crippen LogP contribution in [0.5, 0.6) is 5.95 Å². The first-order chi connectivity index (χ1) is 11.8. The van der Waals surface area contributed by atoms with Crippen LogP contribution in [0.3, 0.4) is 0 Å². The molecule has 2 fully saturated rings. The molecule has 7 nitrogen and oxygen atoms in total. The van der Waals surface area contributed by atoms with Gasteiger partial charge in [-0.05, 0) is 19.9 Å². The largest absolute Gasteiger partial charge is 0.468 e. The first-order valence-electron chi connectivity index (χ1n) is 8.33. The molecule has 0 spiro atoms. The number of hydrogen-bond donors (Lipinski definition) is 0. The fourth-order valence-corrected chi connectivity index (χ4v) is 5.50. The van der Waals surface area contributed by atoms with Gasteiger partial charge in [0.1, 0.15) is 0 Å². The minimum absolute atomic E-state index is 0.00652. The van der Waals surface area contributed by atoms with Crippen molar-refractivity contribution in [3.05, 3.63) is 29.5 Å². The van der Waals surface area contributed by atoms with Crippen LogP contribution in [0.2, 0.25) is 0 Å². The summed E-state index contributed by atoms with van der Waals surface area (Å²) < 4.78 is 34.8. The van der Waals surface area contributed by atoms with Crippen molar-refractivity contribution in [1.29, 1.82) is 0 Å². The summed E-state index contributed by atoms with van der Waals surface area (Å²) in [5, 5.41) is 0. The Labute approximate surface area is 148 Å². The third-order valence-corrected chi connectivity index (χ3v) is 6.48. The van der Waals surface area contributed by atoms with Gasteiger partial charge in [0, 0.05) is 31.7 Å². The average molecular weight is 368 g/mol. The van der Waals surface area contributed by atoms with Crippen LogP contribution in [0.15, 0.2) is 28.2 Å². The smallest absolute Gasteiger partial charge is 0.290 e.